The van der Waals surface area contributed by atoms with Gasteiger partial charge in [-0.3, -0.25) is 5.32 Å². The molecule has 2 aromatic rings. The van der Waals surface area contributed by atoms with Gasteiger partial charge in [-0.25, -0.2) is 9.59 Å². The molecule has 6 nitrogen and oxygen atoms in total. The molecular weight excluding hydrogens is 226 g/mol. The molecule has 0 saturated heterocycles. The van der Waals surface area contributed by atoms with Crippen LogP contribution in [0.5, 0.6) is 5.75 Å². The third-order valence-corrected chi connectivity index (χ3v) is 2.18. The van der Waals surface area contributed by atoms with Gasteiger partial charge >= 0.3 is 11.7 Å². The van der Waals surface area contributed by atoms with Crippen molar-refractivity contribution in [2.75, 3.05) is 12.4 Å². The molecule has 1 amide bonds. The van der Waals surface area contributed by atoms with Crippen LogP contribution < -0.4 is 15.7 Å². The van der Waals surface area contributed by atoms with Crippen LogP contribution in [-0.2, 0) is 0 Å². The second kappa shape index (κ2) is 4.17. The number of fused-ring (bicyclic) bond motifs is 1. The van der Waals surface area contributed by atoms with Crippen LogP contribution in [-0.4, -0.2) is 18.3 Å². The van der Waals surface area contributed by atoms with Crippen LogP contribution in [0.25, 0.3) is 11.0 Å². The molecule has 0 aliphatic heterocycles. The molecule has 0 fully saturated rings. The van der Waals surface area contributed by atoms with Crippen molar-refractivity contribution in [1.82, 2.24) is 0 Å². The van der Waals surface area contributed by atoms with E-state index in [1.54, 1.807) is 18.2 Å². The minimum atomic E-state index is -1.31. The fourth-order valence-electron chi connectivity index (χ4n) is 1.42. The van der Waals surface area contributed by atoms with E-state index in [2.05, 4.69) is 0 Å². The Hall–Kier alpha value is -2.50. The van der Waals surface area contributed by atoms with E-state index in [0.717, 1.165) is 0 Å². The van der Waals surface area contributed by atoms with E-state index in [9.17, 15) is 9.59 Å². The lowest BCUT2D eigenvalue weighted by Gasteiger charge is -2.03. The quantitative estimate of drug-likeness (QED) is 0.776. The zero-order valence-corrected chi connectivity index (χ0v) is 8.89. The Morgan fingerprint density at radius 1 is 1.41 bits per heavy atom. The molecule has 0 aliphatic rings. The van der Waals surface area contributed by atoms with Crippen molar-refractivity contribution in [3.63, 3.8) is 0 Å². The van der Waals surface area contributed by atoms with Crippen molar-refractivity contribution in [2.45, 2.75) is 0 Å². The lowest BCUT2D eigenvalue weighted by atomic mass is 10.2. The van der Waals surface area contributed by atoms with Crippen molar-refractivity contribution in [1.29, 1.82) is 0 Å². The first-order valence-corrected chi connectivity index (χ1v) is 4.72. The van der Waals surface area contributed by atoms with Crippen molar-refractivity contribution in [3.05, 3.63) is 34.7 Å². The summed E-state index contributed by atoms with van der Waals surface area (Å²) in [4.78, 5) is 21.9. The summed E-state index contributed by atoms with van der Waals surface area (Å²) in [5.41, 5.74) is -0.520. The zero-order valence-electron chi connectivity index (χ0n) is 8.89. The number of benzene rings is 1. The molecule has 0 saturated carbocycles. The molecule has 1 aromatic heterocycles. The summed E-state index contributed by atoms with van der Waals surface area (Å²) in [7, 11) is 1.50. The second-order valence-corrected chi connectivity index (χ2v) is 3.28. The first-order valence-electron chi connectivity index (χ1n) is 4.72. The molecule has 6 heteroatoms. The van der Waals surface area contributed by atoms with E-state index in [-0.39, 0.29) is 5.69 Å². The Kier molecular flexibility index (Phi) is 2.70. The lowest BCUT2D eigenvalue weighted by molar-refractivity contribution is 0.209. The average Bonchev–Trinajstić information content (AvgIpc) is 2.29. The summed E-state index contributed by atoms with van der Waals surface area (Å²) >= 11 is 0. The summed E-state index contributed by atoms with van der Waals surface area (Å²) in [5, 5.41) is 11.1. The molecule has 2 N–H and O–H groups in total. The SMILES string of the molecule is COc1ccc2cc(NC(=O)O)c(=O)oc2c1. The van der Waals surface area contributed by atoms with Gasteiger partial charge in [-0.05, 0) is 18.2 Å². The number of anilines is 1. The number of rotatable bonds is 2. The van der Waals surface area contributed by atoms with Crippen LogP contribution >= 0.6 is 0 Å². The molecule has 0 bridgehead atoms. The molecule has 0 unspecified atom stereocenters. The molecular formula is C11H9NO5. The van der Waals surface area contributed by atoms with Gasteiger partial charge in [0.1, 0.15) is 17.0 Å². The van der Waals surface area contributed by atoms with Crippen LogP contribution in [0.3, 0.4) is 0 Å². The molecule has 1 aromatic carbocycles. The highest BCUT2D eigenvalue weighted by atomic mass is 16.5. The van der Waals surface area contributed by atoms with Crippen molar-refractivity contribution in [3.8, 4) is 5.75 Å². The summed E-state index contributed by atoms with van der Waals surface area (Å²) in [6.07, 6.45) is -1.31. The number of amides is 1. The highest BCUT2D eigenvalue weighted by Gasteiger charge is 2.08. The van der Waals surface area contributed by atoms with Gasteiger partial charge in [-0.15, -0.1) is 0 Å². The Labute approximate surface area is 95.4 Å². The Morgan fingerprint density at radius 3 is 2.82 bits per heavy atom. The third-order valence-electron chi connectivity index (χ3n) is 2.18. The highest BCUT2D eigenvalue weighted by molar-refractivity contribution is 5.87. The van der Waals surface area contributed by atoms with Crippen molar-refractivity contribution < 1.29 is 19.1 Å². The van der Waals surface area contributed by atoms with Gasteiger partial charge in [0.15, 0.2) is 0 Å². The fourth-order valence-corrected chi connectivity index (χ4v) is 1.42. The molecule has 0 radical (unpaired) electrons. The summed E-state index contributed by atoms with van der Waals surface area (Å²) < 4.78 is 9.96. The molecule has 0 aliphatic carbocycles. The van der Waals surface area contributed by atoms with Gasteiger partial charge in [0.2, 0.25) is 0 Å². The predicted octanol–water partition coefficient (Wildman–Crippen LogP) is 1.89. The first kappa shape index (κ1) is 11.0. The summed E-state index contributed by atoms with van der Waals surface area (Å²) in [6, 6.07) is 6.33. The van der Waals surface area contributed by atoms with Crippen molar-refractivity contribution in [2.24, 2.45) is 0 Å². The molecule has 0 atom stereocenters. The number of nitrogens with one attached hydrogen (secondary N) is 1. The molecule has 2 rings (SSSR count). The maximum Gasteiger partial charge on any atom is 0.409 e. The van der Waals surface area contributed by atoms with Gasteiger partial charge in [-0.2, -0.15) is 0 Å². The Bertz CT molecular complexity index is 631. The van der Waals surface area contributed by atoms with Crippen LogP contribution in [0, 0.1) is 0 Å². The summed E-state index contributed by atoms with van der Waals surface area (Å²) in [6.45, 7) is 0. The fraction of sp³-hybridized carbons (Fsp3) is 0.0909. The topological polar surface area (TPSA) is 88.8 Å². The van der Waals surface area contributed by atoms with E-state index in [1.807, 2.05) is 5.32 Å². The number of carbonyl (C=O) groups is 1. The van der Waals surface area contributed by atoms with Crippen LogP contribution in [0.4, 0.5) is 10.5 Å². The van der Waals surface area contributed by atoms with Crippen molar-refractivity contribution >= 4 is 22.7 Å². The molecule has 17 heavy (non-hydrogen) atoms. The van der Waals surface area contributed by atoms with Gasteiger partial charge < -0.3 is 14.3 Å². The Morgan fingerprint density at radius 2 is 2.18 bits per heavy atom. The number of hydrogen-bond acceptors (Lipinski definition) is 4. The third kappa shape index (κ3) is 2.20. The van der Waals surface area contributed by atoms with E-state index in [0.29, 0.717) is 16.7 Å². The number of ether oxygens (including phenoxy) is 1. The van der Waals surface area contributed by atoms with Crippen LogP contribution in [0.2, 0.25) is 0 Å². The Balaban J connectivity index is 2.58. The van der Waals surface area contributed by atoms with E-state index in [4.69, 9.17) is 14.3 Å². The maximum atomic E-state index is 11.4. The molecule has 1 heterocycles. The average molecular weight is 235 g/mol. The zero-order chi connectivity index (χ0) is 12.4. The van der Waals surface area contributed by atoms with E-state index < -0.39 is 11.7 Å². The molecule has 88 valence electrons. The van der Waals surface area contributed by atoms with Crippen LogP contribution in [0.1, 0.15) is 0 Å². The smallest absolute Gasteiger partial charge is 0.409 e. The van der Waals surface area contributed by atoms with E-state index in [1.165, 1.54) is 13.2 Å². The van der Waals surface area contributed by atoms with Crippen LogP contribution in [0.15, 0.2) is 33.5 Å². The second-order valence-electron chi connectivity index (χ2n) is 3.28. The predicted molar refractivity (Wildman–Crippen MR) is 60.7 cm³/mol. The van der Waals surface area contributed by atoms with E-state index >= 15 is 0 Å². The summed E-state index contributed by atoms with van der Waals surface area (Å²) in [5.74, 6) is 0.555. The number of methoxy groups -OCH3 is 1. The normalized spacial score (nSPS) is 10.2. The lowest BCUT2D eigenvalue weighted by Crippen LogP contribution is -2.15. The van der Waals surface area contributed by atoms with Gasteiger partial charge in [0, 0.05) is 11.5 Å². The minimum Gasteiger partial charge on any atom is -0.497 e. The first-order chi connectivity index (χ1) is 8.10. The number of carboxylic acid groups (broad SMARTS) is 1. The molecule has 0 spiro atoms. The monoisotopic (exact) mass is 235 g/mol. The largest absolute Gasteiger partial charge is 0.497 e. The standard InChI is InChI=1S/C11H9NO5/c1-16-7-3-2-6-4-8(12-11(14)15)10(13)17-9(6)5-7/h2-5,12H,1H3,(H,14,15). The highest BCUT2D eigenvalue weighted by Crippen LogP contribution is 2.21. The van der Waals surface area contributed by atoms with Gasteiger partial charge in [-0.1, -0.05) is 0 Å². The minimum absolute atomic E-state index is 0.116. The van der Waals surface area contributed by atoms with Gasteiger partial charge in [0.25, 0.3) is 0 Å². The maximum absolute atomic E-state index is 11.4. The number of hydrogen-bond donors (Lipinski definition) is 2. The van der Waals surface area contributed by atoms with Gasteiger partial charge in [0.05, 0.1) is 7.11 Å².